The van der Waals surface area contributed by atoms with E-state index in [2.05, 4.69) is 6.07 Å². The predicted octanol–water partition coefficient (Wildman–Crippen LogP) is 3.00. The zero-order valence-corrected chi connectivity index (χ0v) is 9.49. The highest BCUT2D eigenvalue weighted by atomic mass is 35.5. The molecule has 0 saturated carbocycles. The molecule has 1 aromatic carbocycles. The number of rotatable bonds is 2. The topological polar surface area (TPSA) is 42.2 Å². The molecule has 0 amide bonds. The molecule has 2 rings (SSSR count). The van der Waals surface area contributed by atoms with E-state index in [1.807, 2.05) is 6.92 Å². The molecule has 1 unspecified atom stereocenters. The van der Waals surface area contributed by atoms with Gasteiger partial charge in [-0.1, -0.05) is 11.6 Å². The quantitative estimate of drug-likeness (QED) is 0.791. The number of nitriles is 1. The molecule has 1 atom stereocenters. The molecule has 4 heteroatoms. The summed E-state index contributed by atoms with van der Waals surface area (Å²) in [5.41, 5.74) is 1.26. The first-order chi connectivity index (χ1) is 7.74. The summed E-state index contributed by atoms with van der Waals surface area (Å²) in [7, 11) is 0. The average molecular weight is 236 g/mol. The van der Waals surface area contributed by atoms with Crippen molar-refractivity contribution in [3.05, 3.63) is 34.4 Å². The van der Waals surface area contributed by atoms with E-state index in [9.17, 15) is 0 Å². The van der Waals surface area contributed by atoms with E-state index in [0.29, 0.717) is 23.0 Å². The van der Waals surface area contributed by atoms with Gasteiger partial charge < -0.3 is 9.47 Å². The van der Waals surface area contributed by atoms with E-state index in [1.165, 1.54) is 0 Å². The molecule has 0 radical (unpaired) electrons. The maximum Gasteiger partial charge on any atom is 0.236 e. The van der Waals surface area contributed by atoms with E-state index in [1.54, 1.807) is 24.3 Å². The Morgan fingerprint density at radius 3 is 3.06 bits per heavy atom. The van der Waals surface area contributed by atoms with E-state index in [-0.39, 0.29) is 0 Å². The second kappa shape index (κ2) is 4.56. The van der Waals surface area contributed by atoms with Crippen molar-refractivity contribution in [2.45, 2.75) is 13.2 Å². The first kappa shape index (κ1) is 11.0. The van der Waals surface area contributed by atoms with Gasteiger partial charge in [0.15, 0.2) is 0 Å². The lowest BCUT2D eigenvalue weighted by Crippen LogP contribution is -2.25. The normalized spacial score (nSPS) is 18.1. The summed E-state index contributed by atoms with van der Waals surface area (Å²) < 4.78 is 10.9. The van der Waals surface area contributed by atoms with Crippen LogP contribution in [-0.2, 0) is 4.74 Å². The number of nitrogens with zero attached hydrogens (tertiary/aromatic N) is 1. The Morgan fingerprint density at radius 1 is 1.56 bits per heavy atom. The minimum Gasteiger partial charge on any atom is -0.459 e. The fourth-order valence-electron chi connectivity index (χ4n) is 1.51. The van der Waals surface area contributed by atoms with Crippen molar-refractivity contribution in [3.8, 4) is 11.8 Å². The van der Waals surface area contributed by atoms with Crippen LogP contribution < -0.4 is 4.74 Å². The minimum atomic E-state index is -0.608. The summed E-state index contributed by atoms with van der Waals surface area (Å²) >= 11 is 5.87. The van der Waals surface area contributed by atoms with Crippen LogP contribution in [-0.4, -0.2) is 12.9 Å². The van der Waals surface area contributed by atoms with Crippen molar-refractivity contribution in [3.63, 3.8) is 0 Å². The van der Waals surface area contributed by atoms with Crippen LogP contribution >= 0.6 is 11.6 Å². The van der Waals surface area contributed by atoms with Crippen LogP contribution in [0.2, 0.25) is 5.02 Å². The molecule has 16 heavy (non-hydrogen) atoms. The van der Waals surface area contributed by atoms with Gasteiger partial charge in [-0.2, -0.15) is 5.26 Å². The fraction of sp³-hybridized carbons (Fsp3) is 0.250. The van der Waals surface area contributed by atoms with Crippen molar-refractivity contribution in [1.29, 1.82) is 5.26 Å². The van der Waals surface area contributed by atoms with Gasteiger partial charge in [-0.3, -0.25) is 0 Å². The summed E-state index contributed by atoms with van der Waals surface area (Å²) in [6.07, 6.45) is 1.13. The standard InChI is InChI=1S/C12H10ClNO2/c1-2-15-12-9(7-14)5-8-6-10(13)3-4-11(8)16-12/h3-6,12H,2H2,1H3. The highest BCUT2D eigenvalue weighted by molar-refractivity contribution is 6.30. The molecular weight excluding hydrogens is 226 g/mol. The summed E-state index contributed by atoms with van der Waals surface area (Å²) in [6.45, 7) is 2.35. The number of fused-ring (bicyclic) bond motifs is 1. The molecule has 82 valence electrons. The lowest BCUT2D eigenvalue weighted by molar-refractivity contribution is -0.0467. The van der Waals surface area contributed by atoms with Gasteiger partial charge >= 0.3 is 0 Å². The minimum absolute atomic E-state index is 0.455. The molecule has 1 heterocycles. The smallest absolute Gasteiger partial charge is 0.236 e. The molecule has 1 aromatic rings. The van der Waals surface area contributed by atoms with Crippen LogP contribution in [0.4, 0.5) is 0 Å². The van der Waals surface area contributed by atoms with Crippen LogP contribution in [0.3, 0.4) is 0 Å². The van der Waals surface area contributed by atoms with Crippen LogP contribution in [0.1, 0.15) is 12.5 Å². The van der Waals surface area contributed by atoms with Gasteiger partial charge in [-0.25, -0.2) is 0 Å². The summed E-state index contributed by atoms with van der Waals surface area (Å²) in [5.74, 6) is 0.682. The SMILES string of the molecule is CCOC1Oc2ccc(Cl)cc2C=C1C#N. The first-order valence-corrected chi connectivity index (χ1v) is 5.32. The number of halogens is 1. The monoisotopic (exact) mass is 235 g/mol. The van der Waals surface area contributed by atoms with Crippen molar-refractivity contribution >= 4 is 17.7 Å². The van der Waals surface area contributed by atoms with Crippen molar-refractivity contribution in [1.82, 2.24) is 0 Å². The highest BCUT2D eigenvalue weighted by Crippen LogP contribution is 2.31. The zero-order chi connectivity index (χ0) is 11.5. The second-order valence-electron chi connectivity index (χ2n) is 3.30. The molecule has 0 saturated heterocycles. The van der Waals surface area contributed by atoms with Gasteiger partial charge in [-0.15, -0.1) is 0 Å². The van der Waals surface area contributed by atoms with E-state index < -0.39 is 6.29 Å². The third-order valence-electron chi connectivity index (χ3n) is 2.22. The average Bonchev–Trinajstić information content (AvgIpc) is 2.29. The Labute approximate surface area is 98.8 Å². The van der Waals surface area contributed by atoms with E-state index >= 15 is 0 Å². The number of ether oxygens (including phenoxy) is 2. The van der Waals surface area contributed by atoms with Gasteiger partial charge in [0.05, 0.1) is 5.57 Å². The lowest BCUT2D eigenvalue weighted by Gasteiger charge is -2.23. The lowest BCUT2D eigenvalue weighted by atomic mass is 10.1. The number of hydrogen-bond acceptors (Lipinski definition) is 3. The Morgan fingerprint density at radius 2 is 2.38 bits per heavy atom. The second-order valence-corrected chi connectivity index (χ2v) is 3.74. The molecule has 0 aliphatic carbocycles. The third kappa shape index (κ3) is 2.04. The number of hydrogen-bond donors (Lipinski definition) is 0. The highest BCUT2D eigenvalue weighted by Gasteiger charge is 2.22. The Balaban J connectivity index is 2.39. The summed E-state index contributed by atoms with van der Waals surface area (Å²) in [6, 6.07) is 7.34. The molecular formula is C12H10ClNO2. The van der Waals surface area contributed by atoms with Crippen LogP contribution in [0.5, 0.6) is 5.75 Å². The number of benzene rings is 1. The van der Waals surface area contributed by atoms with E-state index in [4.69, 9.17) is 26.3 Å². The summed E-state index contributed by atoms with van der Waals surface area (Å²) in [4.78, 5) is 0. The Kier molecular flexibility index (Phi) is 3.14. The Bertz CT molecular complexity index is 476. The van der Waals surface area contributed by atoms with Crippen molar-refractivity contribution < 1.29 is 9.47 Å². The molecule has 0 fully saturated rings. The molecule has 0 N–H and O–H groups in total. The molecule has 3 nitrogen and oxygen atoms in total. The molecule has 1 aliphatic heterocycles. The van der Waals surface area contributed by atoms with Crippen LogP contribution in [0.25, 0.3) is 6.08 Å². The molecule has 0 spiro atoms. The van der Waals surface area contributed by atoms with Crippen LogP contribution in [0.15, 0.2) is 23.8 Å². The third-order valence-corrected chi connectivity index (χ3v) is 2.45. The van der Waals surface area contributed by atoms with Gasteiger partial charge in [0.2, 0.25) is 6.29 Å². The molecule has 0 bridgehead atoms. The van der Waals surface area contributed by atoms with Gasteiger partial charge in [0, 0.05) is 17.2 Å². The zero-order valence-electron chi connectivity index (χ0n) is 8.74. The molecule has 0 aromatic heterocycles. The van der Waals surface area contributed by atoms with Crippen molar-refractivity contribution in [2.75, 3.05) is 6.61 Å². The van der Waals surface area contributed by atoms with Crippen LogP contribution in [0, 0.1) is 11.3 Å². The predicted molar refractivity (Wildman–Crippen MR) is 61.1 cm³/mol. The first-order valence-electron chi connectivity index (χ1n) is 4.94. The Hall–Kier alpha value is -1.50. The van der Waals surface area contributed by atoms with Gasteiger partial charge in [0.25, 0.3) is 0 Å². The van der Waals surface area contributed by atoms with Gasteiger partial charge in [-0.05, 0) is 31.2 Å². The van der Waals surface area contributed by atoms with E-state index in [0.717, 1.165) is 5.56 Å². The fourth-order valence-corrected chi connectivity index (χ4v) is 1.69. The van der Waals surface area contributed by atoms with Crippen molar-refractivity contribution in [2.24, 2.45) is 0 Å². The maximum atomic E-state index is 8.97. The largest absolute Gasteiger partial charge is 0.459 e. The summed E-state index contributed by atoms with van der Waals surface area (Å²) in [5, 5.41) is 9.59. The van der Waals surface area contributed by atoms with Gasteiger partial charge in [0.1, 0.15) is 11.8 Å². The maximum absolute atomic E-state index is 8.97. The molecule has 1 aliphatic rings.